The summed E-state index contributed by atoms with van der Waals surface area (Å²) in [7, 11) is 0. The molecule has 0 aliphatic rings. The number of aryl methyl sites for hydroxylation is 1. The van der Waals surface area contributed by atoms with E-state index in [2.05, 4.69) is 9.72 Å². The van der Waals surface area contributed by atoms with Crippen LogP contribution in [0.5, 0.6) is 17.2 Å². The Balaban J connectivity index is 1.61. The third kappa shape index (κ3) is 5.41. The smallest absolute Gasteiger partial charge is 0.457 e. The van der Waals surface area contributed by atoms with Crippen LogP contribution in [0, 0.1) is 6.92 Å². The number of nitrogens with zero attached hydrogens (tertiary/aromatic N) is 1. The number of aromatic amines is 1. The second kappa shape index (κ2) is 9.74. The highest BCUT2D eigenvalue weighted by atomic mass is 32.1. The average molecular weight is 528 g/mol. The summed E-state index contributed by atoms with van der Waals surface area (Å²) in [4.78, 5) is 27.5. The van der Waals surface area contributed by atoms with Crippen molar-refractivity contribution in [2.75, 3.05) is 0 Å². The first-order valence-electron chi connectivity index (χ1n) is 10.3. The van der Waals surface area contributed by atoms with Gasteiger partial charge in [0.15, 0.2) is 0 Å². The van der Waals surface area contributed by atoms with Crippen LogP contribution in [0.25, 0.3) is 20.7 Å². The van der Waals surface area contributed by atoms with Crippen molar-refractivity contribution >= 4 is 21.6 Å². The lowest BCUT2D eigenvalue weighted by Gasteiger charge is -2.11. The summed E-state index contributed by atoms with van der Waals surface area (Å²) in [6, 6.07) is 11.4. The zero-order valence-corrected chi connectivity index (χ0v) is 19.1. The summed E-state index contributed by atoms with van der Waals surface area (Å²) >= 11 is 1.04. The highest BCUT2D eigenvalue weighted by molar-refractivity contribution is 7.22. The first kappa shape index (κ1) is 25.4. The topological polar surface area (TPSA) is 93.5 Å². The van der Waals surface area contributed by atoms with E-state index in [0.717, 1.165) is 28.0 Å². The van der Waals surface area contributed by atoms with E-state index in [1.54, 1.807) is 31.2 Å². The number of ether oxygens (including phenoxy) is 2. The Labute approximate surface area is 203 Å². The van der Waals surface area contributed by atoms with Gasteiger partial charge in [-0.1, -0.05) is 0 Å². The second-order valence-corrected chi connectivity index (χ2v) is 8.65. The molecule has 2 aromatic carbocycles. The van der Waals surface area contributed by atoms with E-state index in [4.69, 9.17) is 4.74 Å². The molecule has 4 aromatic rings. The van der Waals surface area contributed by atoms with Gasteiger partial charge in [0, 0.05) is 4.88 Å². The SMILES string of the molecule is Cc1c(-c2ccc(Oc3ccc(OC(F)(F)F)cc3)cc2)sc2c1c(=O)[nH]c(=O)n2CC(O)C(F)F. The number of rotatable bonds is 7. The van der Waals surface area contributed by atoms with Gasteiger partial charge in [0.25, 0.3) is 12.0 Å². The lowest BCUT2D eigenvalue weighted by atomic mass is 10.1. The number of thiophene rings is 1. The van der Waals surface area contributed by atoms with E-state index in [1.807, 2.05) is 0 Å². The molecule has 0 saturated heterocycles. The molecule has 4 rings (SSSR count). The van der Waals surface area contributed by atoms with Gasteiger partial charge in [0.05, 0.1) is 11.9 Å². The first-order chi connectivity index (χ1) is 16.9. The van der Waals surface area contributed by atoms with Crippen molar-refractivity contribution in [2.45, 2.75) is 32.4 Å². The molecule has 7 nitrogen and oxygen atoms in total. The molecule has 0 aliphatic carbocycles. The Bertz CT molecular complexity index is 1490. The van der Waals surface area contributed by atoms with Crippen LogP contribution in [0.2, 0.25) is 0 Å². The summed E-state index contributed by atoms with van der Waals surface area (Å²) in [5, 5.41) is 9.73. The third-order valence-electron chi connectivity index (χ3n) is 5.14. The molecule has 0 bridgehead atoms. The average Bonchev–Trinajstić information content (AvgIpc) is 3.14. The van der Waals surface area contributed by atoms with E-state index < -0.39 is 36.7 Å². The summed E-state index contributed by atoms with van der Waals surface area (Å²) in [6.07, 6.45) is -9.96. The second-order valence-electron chi connectivity index (χ2n) is 7.65. The van der Waals surface area contributed by atoms with Crippen molar-refractivity contribution in [3.8, 4) is 27.7 Å². The number of aliphatic hydroxyl groups is 1. The van der Waals surface area contributed by atoms with Crippen molar-refractivity contribution < 1.29 is 36.5 Å². The van der Waals surface area contributed by atoms with E-state index in [9.17, 15) is 36.6 Å². The molecule has 2 N–H and O–H groups in total. The maximum Gasteiger partial charge on any atom is 0.573 e. The van der Waals surface area contributed by atoms with Gasteiger partial charge in [0.2, 0.25) is 0 Å². The molecule has 0 fully saturated rings. The predicted octanol–water partition coefficient (Wildman–Crippen LogP) is 5.04. The molecule has 0 amide bonds. The fourth-order valence-electron chi connectivity index (χ4n) is 3.50. The fraction of sp³-hybridized carbons (Fsp3) is 0.217. The molecule has 0 radical (unpaired) electrons. The molecule has 0 saturated carbocycles. The Kier molecular flexibility index (Phi) is 6.87. The van der Waals surface area contributed by atoms with Gasteiger partial charge in [-0.25, -0.2) is 13.6 Å². The Morgan fingerprint density at radius 2 is 1.56 bits per heavy atom. The number of halogens is 5. The Morgan fingerprint density at radius 3 is 2.11 bits per heavy atom. The highest BCUT2D eigenvalue weighted by Gasteiger charge is 2.31. The molecule has 2 heterocycles. The van der Waals surface area contributed by atoms with Crippen LogP contribution in [-0.4, -0.2) is 33.5 Å². The van der Waals surface area contributed by atoms with Crippen LogP contribution >= 0.6 is 11.3 Å². The van der Waals surface area contributed by atoms with Gasteiger partial charge >= 0.3 is 12.1 Å². The van der Waals surface area contributed by atoms with Crippen LogP contribution in [0.3, 0.4) is 0 Å². The largest absolute Gasteiger partial charge is 0.573 e. The molecular formula is C23H17F5N2O5S. The molecule has 0 aliphatic heterocycles. The minimum Gasteiger partial charge on any atom is -0.457 e. The lowest BCUT2D eigenvalue weighted by Crippen LogP contribution is -2.35. The van der Waals surface area contributed by atoms with Crippen molar-refractivity contribution in [1.29, 1.82) is 0 Å². The summed E-state index contributed by atoms with van der Waals surface area (Å²) < 4.78 is 72.9. The predicted molar refractivity (Wildman–Crippen MR) is 122 cm³/mol. The van der Waals surface area contributed by atoms with E-state index in [1.165, 1.54) is 12.1 Å². The molecule has 1 atom stereocenters. The molecule has 36 heavy (non-hydrogen) atoms. The molecule has 190 valence electrons. The summed E-state index contributed by atoms with van der Waals surface area (Å²) in [6.45, 7) is 0.958. The standard InChI is InChI=1S/C23H17F5N2O5S/c1-11-17-20(32)29-22(33)30(10-16(31)19(24)25)21(17)36-18(11)12-2-4-13(5-3-12)34-14-6-8-15(9-7-14)35-23(26,27)28/h2-9,16,19,31H,10H2,1H3,(H,29,32,33). The highest BCUT2D eigenvalue weighted by Crippen LogP contribution is 2.37. The van der Waals surface area contributed by atoms with Gasteiger partial charge in [-0.2, -0.15) is 0 Å². The molecule has 1 unspecified atom stereocenters. The normalized spacial score (nSPS) is 12.8. The van der Waals surface area contributed by atoms with Crippen LogP contribution in [0.1, 0.15) is 5.56 Å². The van der Waals surface area contributed by atoms with Crippen molar-refractivity contribution in [3.63, 3.8) is 0 Å². The minimum atomic E-state index is -4.80. The van der Waals surface area contributed by atoms with E-state index in [-0.39, 0.29) is 21.7 Å². The molecule has 0 spiro atoms. The monoisotopic (exact) mass is 528 g/mol. The van der Waals surface area contributed by atoms with Crippen molar-refractivity contribution in [2.24, 2.45) is 0 Å². The van der Waals surface area contributed by atoms with Gasteiger partial charge in [0.1, 0.15) is 28.2 Å². The maximum absolute atomic E-state index is 12.9. The van der Waals surface area contributed by atoms with Gasteiger partial charge < -0.3 is 14.6 Å². The first-order valence-corrected chi connectivity index (χ1v) is 11.1. The van der Waals surface area contributed by atoms with Crippen LogP contribution in [0.4, 0.5) is 22.0 Å². The van der Waals surface area contributed by atoms with Gasteiger partial charge in [-0.15, -0.1) is 24.5 Å². The van der Waals surface area contributed by atoms with Crippen molar-refractivity contribution in [3.05, 3.63) is 74.9 Å². The van der Waals surface area contributed by atoms with Crippen molar-refractivity contribution in [1.82, 2.24) is 9.55 Å². The maximum atomic E-state index is 12.9. The number of nitrogens with one attached hydrogen (secondary N) is 1. The number of aliphatic hydroxyl groups excluding tert-OH is 1. The Morgan fingerprint density at radius 1 is 1.00 bits per heavy atom. The number of hydrogen-bond donors (Lipinski definition) is 2. The number of aromatic nitrogens is 2. The fourth-order valence-corrected chi connectivity index (χ4v) is 4.82. The zero-order valence-electron chi connectivity index (χ0n) is 18.3. The number of hydrogen-bond acceptors (Lipinski definition) is 6. The zero-order chi connectivity index (χ0) is 26.2. The van der Waals surface area contributed by atoms with Crippen LogP contribution in [0.15, 0.2) is 58.1 Å². The molecule has 2 aromatic heterocycles. The van der Waals surface area contributed by atoms with E-state index >= 15 is 0 Å². The van der Waals surface area contributed by atoms with E-state index in [0.29, 0.717) is 21.8 Å². The molecule has 13 heteroatoms. The van der Waals surface area contributed by atoms with Crippen LogP contribution in [-0.2, 0) is 6.54 Å². The number of benzene rings is 2. The summed E-state index contributed by atoms with van der Waals surface area (Å²) in [5.74, 6) is 0.250. The number of H-pyrrole nitrogens is 1. The Hall–Kier alpha value is -3.71. The number of alkyl halides is 5. The lowest BCUT2D eigenvalue weighted by molar-refractivity contribution is -0.274. The molecular weight excluding hydrogens is 511 g/mol. The van der Waals surface area contributed by atoms with Gasteiger partial charge in [-0.3, -0.25) is 14.3 Å². The third-order valence-corrected chi connectivity index (χ3v) is 6.50. The quantitative estimate of drug-likeness (QED) is 0.328. The van der Waals surface area contributed by atoms with Crippen LogP contribution < -0.4 is 20.7 Å². The number of fused-ring (bicyclic) bond motifs is 1. The van der Waals surface area contributed by atoms with Gasteiger partial charge in [-0.05, 0) is 66.6 Å². The summed E-state index contributed by atoms with van der Waals surface area (Å²) in [5.41, 5.74) is -0.417. The minimum absolute atomic E-state index is 0.150.